The monoisotopic (exact) mass is 208 g/mol. The number of nitrogens with one attached hydrogen (secondary N) is 1. The lowest BCUT2D eigenvalue weighted by Crippen LogP contribution is -2.20. The van der Waals surface area contributed by atoms with E-state index < -0.39 is 5.38 Å². The van der Waals surface area contributed by atoms with Crippen molar-refractivity contribution in [3.63, 3.8) is 0 Å². The third kappa shape index (κ3) is 2.75. The fourth-order valence-corrected chi connectivity index (χ4v) is 0.924. The number of hydrogen-bond donors (Lipinski definition) is 1. The van der Waals surface area contributed by atoms with Gasteiger partial charge in [-0.15, -0.1) is 11.6 Å². The number of halogens is 1. The van der Waals surface area contributed by atoms with Gasteiger partial charge in [0.1, 0.15) is 5.38 Å². The van der Waals surface area contributed by atoms with E-state index in [0.29, 0.717) is 11.3 Å². The number of amides is 1. The number of anilines is 1. The summed E-state index contributed by atoms with van der Waals surface area (Å²) in [5.41, 5.74) is 1.20. The molecule has 1 rings (SSSR count). The van der Waals surface area contributed by atoms with E-state index in [1.165, 1.54) is 0 Å². The Morgan fingerprint density at radius 3 is 2.50 bits per heavy atom. The molecule has 0 unspecified atom stereocenters. The predicted octanol–water partition coefficient (Wildman–Crippen LogP) is 2.12. The van der Waals surface area contributed by atoms with Crippen molar-refractivity contribution in [2.75, 3.05) is 5.32 Å². The first-order valence-electron chi connectivity index (χ1n) is 4.08. The molecule has 0 spiro atoms. The lowest BCUT2D eigenvalue weighted by Gasteiger charge is -2.05. The van der Waals surface area contributed by atoms with Gasteiger partial charge in [-0.2, -0.15) is 5.26 Å². The van der Waals surface area contributed by atoms with E-state index in [1.54, 1.807) is 31.2 Å². The van der Waals surface area contributed by atoms with Crippen LogP contribution in [0.5, 0.6) is 0 Å². The molecule has 0 aliphatic rings. The highest BCUT2D eigenvalue weighted by Crippen LogP contribution is 2.09. The summed E-state index contributed by atoms with van der Waals surface area (Å²) in [6.45, 7) is 1.60. The minimum atomic E-state index is -0.564. The van der Waals surface area contributed by atoms with Crippen LogP contribution in [0.2, 0.25) is 0 Å². The van der Waals surface area contributed by atoms with Gasteiger partial charge in [-0.3, -0.25) is 4.79 Å². The minimum absolute atomic E-state index is 0.253. The van der Waals surface area contributed by atoms with Crippen molar-refractivity contribution >= 4 is 23.2 Å². The van der Waals surface area contributed by atoms with Crippen molar-refractivity contribution in [3.8, 4) is 6.07 Å². The molecule has 1 aromatic carbocycles. The molecular formula is C10H9ClN2O. The van der Waals surface area contributed by atoms with Crippen LogP contribution in [0.25, 0.3) is 0 Å². The molecule has 0 saturated heterocycles. The summed E-state index contributed by atoms with van der Waals surface area (Å²) >= 11 is 5.57. The van der Waals surface area contributed by atoms with Gasteiger partial charge in [-0.05, 0) is 31.2 Å². The van der Waals surface area contributed by atoms with E-state index in [4.69, 9.17) is 16.9 Å². The Labute approximate surface area is 87.3 Å². The van der Waals surface area contributed by atoms with E-state index in [2.05, 4.69) is 5.32 Å². The normalized spacial score (nSPS) is 11.5. The molecule has 0 radical (unpaired) electrons. The number of carbonyl (C=O) groups is 1. The van der Waals surface area contributed by atoms with Crippen molar-refractivity contribution in [2.45, 2.75) is 12.3 Å². The molecule has 0 bridgehead atoms. The van der Waals surface area contributed by atoms with Crippen LogP contribution in [0.15, 0.2) is 24.3 Å². The number of nitriles is 1. The Morgan fingerprint density at radius 1 is 1.50 bits per heavy atom. The lowest BCUT2D eigenvalue weighted by molar-refractivity contribution is -0.115. The van der Waals surface area contributed by atoms with Gasteiger partial charge in [0, 0.05) is 5.69 Å². The van der Waals surface area contributed by atoms with E-state index in [-0.39, 0.29) is 5.91 Å². The standard InChI is InChI=1S/C10H9ClN2O/c1-7(11)10(14)13-9-4-2-8(6-12)3-5-9/h2-5,7H,1H3,(H,13,14)/t7-/m0/s1. The second-order valence-electron chi connectivity index (χ2n) is 2.79. The van der Waals surface area contributed by atoms with Gasteiger partial charge in [0.2, 0.25) is 5.91 Å². The molecule has 1 amide bonds. The van der Waals surface area contributed by atoms with Gasteiger partial charge in [-0.25, -0.2) is 0 Å². The first-order chi connectivity index (χ1) is 6.63. The van der Waals surface area contributed by atoms with E-state index in [1.807, 2.05) is 6.07 Å². The number of carbonyl (C=O) groups excluding carboxylic acids is 1. The third-order valence-corrected chi connectivity index (χ3v) is 1.84. The van der Waals surface area contributed by atoms with E-state index >= 15 is 0 Å². The molecule has 0 heterocycles. The molecule has 14 heavy (non-hydrogen) atoms. The quantitative estimate of drug-likeness (QED) is 0.757. The molecular weight excluding hydrogens is 200 g/mol. The predicted molar refractivity (Wildman–Crippen MR) is 55.1 cm³/mol. The minimum Gasteiger partial charge on any atom is -0.325 e. The van der Waals surface area contributed by atoms with Gasteiger partial charge < -0.3 is 5.32 Å². The number of alkyl halides is 1. The van der Waals surface area contributed by atoms with Gasteiger partial charge in [-0.1, -0.05) is 0 Å². The van der Waals surface area contributed by atoms with Crippen molar-refractivity contribution < 1.29 is 4.79 Å². The van der Waals surface area contributed by atoms with Crippen molar-refractivity contribution in [3.05, 3.63) is 29.8 Å². The molecule has 0 saturated carbocycles. The van der Waals surface area contributed by atoms with Gasteiger partial charge in [0.05, 0.1) is 11.6 Å². The van der Waals surface area contributed by atoms with Crippen LogP contribution in [0, 0.1) is 11.3 Å². The molecule has 0 aliphatic carbocycles. The van der Waals surface area contributed by atoms with Crippen LogP contribution in [0.4, 0.5) is 5.69 Å². The lowest BCUT2D eigenvalue weighted by atomic mass is 10.2. The molecule has 1 atom stereocenters. The van der Waals surface area contributed by atoms with Crippen LogP contribution < -0.4 is 5.32 Å². The summed E-state index contributed by atoms with van der Waals surface area (Å²) in [6, 6.07) is 8.58. The number of nitrogens with zero attached hydrogens (tertiary/aromatic N) is 1. The van der Waals surface area contributed by atoms with Gasteiger partial charge in [0.25, 0.3) is 0 Å². The summed E-state index contributed by atoms with van der Waals surface area (Å²) in [5.74, 6) is -0.253. The topological polar surface area (TPSA) is 52.9 Å². The third-order valence-electron chi connectivity index (χ3n) is 1.64. The van der Waals surface area contributed by atoms with Gasteiger partial charge in [0.15, 0.2) is 0 Å². The number of benzene rings is 1. The zero-order chi connectivity index (χ0) is 10.6. The zero-order valence-electron chi connectivity index (χ0n) is 7.62. The molecule has 0 aromatic heterocycles. The average molecular weight is 209 g/mol. The second kappa shape index (κ2) is 4.64. The Balaban J connectivity index is 2.70. The molecule has 4 heteroatoms. The van der Waals surface area contributed by atoms with E-state index in [0.717, 1.165) is 0 Å². The average Bonchev–Trinajstić information content (AvgIpc) is 2.19. The fourth-order valence-electron chi connectivity index (χ4n) is 0.870. The fraction of sp³-hybridized carbons (Fsp3) is 0.200. The van der Waals surface area contributed by atoms with Crippen molar-refractivity contribution in [2.24, 2.45) is 0 Å². The smallest absolute Gasteiger partial charge is 0.242 e. The van der Waals surface area contributed by atoms with Gasteiger partial charge >= 0.3 is 0 Å². The Morgan fingerprint density at radius 2 is 2.07 bits per heavy atom. The Hall–Kier alpha value is -1.53. The summed E-state index contributed by atoms with van der Waals surface area (Å²) in [4.78, 5) is 11.2. The van der Waals surface area contributed by atoms with Crippen LogP contribution in [-0.4, -0.2) is 11.3 Å². The van der Waals surface area contributed by atoms with Crippen LogP contribution in [-0.2, 0) is 4.79 Å². The first kappa shape index (κ1) is 10.6. The summed E-state index contributed by atoms with van der Waals surface area (Å²) in [7, 11) is 0. The van der Waals surface area contributed by atoms with Crippen LogP contribution >= 0.6 is 11.6 Å². The highest BCUT2D eigenvalue weighted by Gasteiger charge is 2.08. The Kier molecular flexibility index (Phi) is 3.49. The highest BCUT2D eigenvalue weighted by atomic mass is 35.5. The summed E-state index contributed by atoms with van der Waals surface area (Å²) in [5, 5.41) is 10.6. The van der Waals surface area contributed by atoms with Crippen LogP contribution in [0.3, 0.4) is 0 Å². The number of rotatable bonds is 2. The zero-order valence-corrected chi connectivity index (χ0v) is 8.38. The van der Waals surface area contributed by atoms with Crippen molar-refractivity contribution in [1.82, 2.24) is 0 Å². The first-order valence-corrected chi connectivity index (χ1v) is 4.52. The molecule has 72 valence electrons. The summed E-state index contributed by atoms with van der Waals surface area (Å²) in [6.07, 6.45) is 0. The van der Waals surface area contributed by atoms with Crippen molar-refractivity contribution in [1.29, 1.82) is 5.26 Å². The molecule has 1 aromatic rings. The molecule has 0 fully saturated rings. The second-order valence-corrected chi connectivity index (χ2v) is 3.45. The SMILES string of the molecule is C[C@H](Cl)C(=O)Nc1ccc(C#N)cc1. The maximum Gasteiger partial charge on any atom is 0.242 e. The summed E-state index contributed by atoms with van der Waals surface area (Å²) < 4.78 is 0. The maximum atomic E-state index is 11.2. The molecule has 3 nitrogen and oxygen atoms in total. The Bertz CT molecular complexity index is 365. The number of hydrogen-bond acceptors (Lipinski definition) is 2. The largest absolute Gasteiger partial charge is 0.325 e. The van der Waals surface area contributed by atoms with E-state index in [9.17, 15) is 4.79 Å². The highest BCUT2D eigenvalue weighted by molar-refractivity contribution is 6.32. The molecule has 1 N–H and O–H groups in total. The molecule has 0 aliphatic heterocycles. The maximum absolute atomic E-state index is 11.2. The van der Waals surface area contributed by atoms with Crippen LogP contribution in [0.1, 0.15) is 12.5 Å².